The van der Waals surface area contributed by atoms with E-state index in [4.69, 9.17) is 4.74 Å². The van der Waals surface area contributed by atoms with Crippen molar-refractivity contribution in [3.05, 3.63) is 34.7 Å². The second-order valence-electron chi connectivity index (χ2n) is 4.74. The van der Waals surface area contributed by atoms with Gasteiger partial charge >= 0.3 is 5.97 Å². The molecule has 0 atom stereocenters. The zero-order valence-corrected chi connectivity index (χ0v) is 11.5. The Labute approximate surface area is 108 Å². The molecule has 0 radical (unpaired) electrons. The van der Waals surface area contributed by atoms with Crippen LogP contribution in [0, 0.1) is 0 Å². The van der Waals surface area contributed by atoms with Gasteiger partial charge in [-0.2, -0.15) is 0 Å². The highest BCUT2D eigenvalue weighted by Gasteiger charge is 2.20. The number of carbonyl (C=O) groups is 1. The summed E-state index contributed by atoms with van der Waals surface area (Å²) in [5.41, 5.74) is 0.520. The maximum absolute atomic E-state index is 11.8. The number of esters is 1. The van der Waals surface area contributed by atoms with Crippen molar-refractivity contribution in [2.75, 3.05) is 0 Å². The van der Waals surface area contributed by atoms with E-state index in [0.717, 1.165) is 4.47 Å². The molecule has 2 rings (SSSR count). The minimum Gasteiger partial charge on any atom is -0.455 e. The van der Waals surface area contributed by atoms with Gasteiger partial charge in [-0.05, 0) is 32.9 Å². The second-order valence-corrected chi connectivity index (χ2v) is 5.65. The Morgan fingerprint density at radius 2 is 2.18 bits per heavy atom. The number of hydrogen-bond acceptors (Lipinski definition) is 3. The predicted octanol–water partition coefficient (Wildman–Crippen LogP) is 3.05. The molecular formula is C12H13BrN2O2. The number of imidazole rings is 1. The zero-order valence-electron chi connectivity index (χ0n) is 9.90. The third kappa shape index (κ3) is 2.85. The predicted molar refractivity (Wildman–Crippen MR) is 68.1 cm³/mol. The number of pyridine rings is 1. The Balaban J connectivity index is 2.33. The minimum absolute atomic E-state index is 0.318. The molecule has 0 unspecified atom stereocenters. The van der Waals surface area contributed by atoms with Crippen LogP contribution in [0.4, 0.5) is 0 Å². The lowest BCUT2D eigenvalue weighted by Crippen LogP contribution is -2.24. The van der Waals surface area contributed by atoms with Crippen molar-refractivity contribution in [3.63, 3.8) is 0 Å². The minimum atomic E-state index is -0.506. The second kappa shape index (κ2) is 4.14. The number of rotatable bonds is 1. The van der Waals surface area contributed by atoms with Crippen LogP contribution in [-0.2, 0) is 4.74 Å². The molecule has 0 N–H and O–H groups in total. The molecule has 5 heteroatoms. The molecule has 0 aromatic carbocycles. The highest BCUT2D eigenvalue weighted by molar-refractivity contribution is 9.10. The van der Waals surface area contributed by atoms with E-state index in [0.29, 0.717) is 11.3 Å². The summed E-state index contributed by atoms with van der Waals surface area (Å²) in [5, 5.41) is 0. The van der Waals surface area contributed by atoms with Gasteiger partial charge in [0.2, 0.25) is 0 Å². The van der Waals surface area contributed by atoms with E-state index < -0.39 is 11.6 Å². The van der Waals surface area contributed by atoms with Crippen LogP contribution in [0.3, 0.4) is 0 Å². The Morgan fingerprint density at radius 3 is 2.82 bits per heavy atom. The molecule has 0 amide bonds. The van der Waals surface area contributed by atoms with E-state index in [1.807, 2.05) is 39.1 Å². The summed E-state index contributed by atoms with van der Waals surface area (Å²) in [6.45, 7) is 5.49. The number of nitrogens with zero attached hydrogens (tertiary/aromatic N) is 2. The first-order valence-electron chi connectivity index (χ1n) is 5.23. The highest BCUT2D eigenvalue weighted by Crippen LogP contribution is 2.15. The molecule has 0 aliphatic heterocycles. The van der Waals surface area contributed by atoms with E-state index >= 15 is 0 Å². The van der Waals surface area contributed by atoms with Gasteiger partial charge < -0.3 is 9.14 Å². The summed E-state index contributed by atoms with van der Waals surface area (Å²) in [7, 11) is 0. The summed E-state index contributed by atoms with van der Waals surface area (Å²) < 4.78 is 7.96. The largest absolute Gasteiger partial charge is 0.455 e. The Morgan fingerprint density at radius 1 is 1.47 bits per heavy atom. The fraction of sp³-hybridized carbons (Fsp3) is 0.333. The fourth-order valence-electron chi connectivity index (χ4n) is 1.39. The van der Waals surface area contributed by atoms with Crippen LogP contribution in [0.25, 0.3) is 5.65 Å². The first kappa shape index (κ1) is 12.1. The molecule has 4 nitrogen and oxygen atoms in total. The summed E-state index contributed by atoms with van der Waals surface area (Å²) in [6, 6.07) is 3.72. The topological polar surface area (TPSA) is 43.6 Å². The van der Waals surface area contributed by atoms with Crippen LogP contribution in [0.2, 0.25) is 0 Å². The van der Waals surface area contributed by atoms with Gasteiger partial charge in [-0.25, -0.2) is 9.78 Å². The van der Waals surface area contributed by atoms with Crippen LogP contribution >= 0.6 is 15.9 Å². The van der Waals surface area contributed by atoms with Crippen molar-refractivity contribution in [2.24, 2.45) is 0 Å². The molecule has 2 aromatic heterocycles. The molecule has 2 aromatic rings. The molecule has 2 heterocycles. The van der Waals surface area contributed by atoms with E-state index in [1.54, 1.807) is 10.6 Å². The molecule has 0 aliphatic carbocycles. The molecule has 0 spiro atoms. The number of ether oxygens (including phenoxy) is 1. The maximum atomic E-state index is 11.8. The normalized spacial score (nSPS) is 11.8. The van der Waals surface area contributed by atoms with Gasteiger partial charge in [0.1, 0.15) is 11.2 Å². The molecular weight excluding hydrogens is 284 g/mol. The molecule has 17 heavy (non-hydrogen) atoms. The van der Waals surface area contributed by atoms with Gasteiger partial charge in [-0.1, -0.05) is 15.9 Å². The van der Waals surface area contributed by atoms with Crippen molar-refractivity contribution >= 4 is 27.5 Å². The van der Waals surface area contributed by atoms with Crippen LogP contribution in [0.5, 0.6) is 0 Å². The Bertz CT molecular complexity index is 569. The lowest BCUT2D eigenvalue weighted by molar-refractivity contribution is 0.00636. The number of halogens is 1. The Hall–Kier alpha value is -1.36. The van der Waals surface area contributed by atoms with E-state index in [9.17, 15) is 4.79 Å². The van der Waals surface area contributed by atoms with Gasteiger partial charge in [-0.15, -0.1) is 0 Å². The lowest BCUT2D eigenvalue weighted by atomic mass is 10.2. The third-order valence-electron chi connectivity index (χ3n) is 2.03. The molecule has 0 aliphatic rings. The molecule has 0 saturated carbocycles. The van der Waals surface area contributed by atoms with Gasteiger partial charge in [0.15, 0.2) is 5.69 Å². The van der Waals surface area contributed by atoms with Crippen molar-refractivity contribution in [1.82, 2.24) is 9.38 Å². The van der Waals surface area contributed by atoms with Crippen molar-refractivity contribution < 1.29 is 9.53 Å². The van der Waals surface area contributed by atoms with Crippen LogP contribution in [0.1, 0.15) is 31.3 Å². The van der Waals surface area contributed by atoms with Gasteiger partial charge in [0.05, 0.1) is 0 Å². The summed E-state index contributed by atoms with van der Waals surface area (Å²) in [5.74, 6) is -0.405. The molecule has 0 fully saturated rings. The summed E-state index contributed by atoms with van der Waals surface area (Å²) >= 11 is 3.36. The van der Waals surface area contributed by atoms with Crippen molar-refractivity contribution in [3.8, 4) is 0 Å². The quantitative estimate of drug-likeness (QED) is 0.760. The highest BCUT2D eigenvalue weighted by atomic mass is 79.9. The van der Waals surface area contributed by atoms with Crippen molar-refractivity contribution in [2.45, 2.75) is 26.4 Å². The third-order valence-corrected chi connectivity index (χ3v) is 2.52. The number of hydrogen-bond donors (Lipinski definition) is 0. The van der Waals surface area contributed by atoms with Crippen LogP contribution in [0.15, 0.2) is 29.0 Å². The zero-order chi connectivity index (χ0) is 12.6. The van der Waals surface area contributed by atoms with E-state index in [-0.39, 0.29) is 0 Å². The van der Waals surface area contributed by atoms with E-state index in [1.165, 1.54) is 0 Å². The smallest absolute Gasteiger partial charge is 0.359 e. The average Bonchev–Trinajstić information content (AvgIpc) is 2.57. The van der Waals surface area contributed by atoms with E-state index in [2.05, 4.69) is 20.9 Å². The maximum Gasteiger partial charge on any atom is 0.359 e. The average molecular weight is 297 g/mol. The SMILES string of the molecule is CC(C)(C)OC(=O)c1cn2ccc(Br)cc2n1. The van der Waals surface area contributed by atoms with Crippen LogP contribution in [-0.4, -0.2) is 21.0 Å². The lowest BCUT2D eigenvalue weighted by Gasteiger charge is -2.18. The number of fused-ring (bicyclic) bond motifs is 1. The van der Waals surface area contributed by atoms with Crippen LogP contribution < -0.4 is 0 Å². The van der Waals surface area contributed by atoms with Crippen molar-refractivity contribution in [1.29, 1.82) is 0 Å². The van der Waals surface area contributed by atoms with Gasteiger partial charge in [-0.3, -0.25) is 0 Å². The summed E-state index contributed by atoms with van der Waals surface area (Å²) in [4.78, 5) is 16.0. The number of carbonyl (C=O) groups excluding carboxylic acids is 1. The standard InChI is InChI=1S/C12H13BrN2O2/c1-12(2,3)17-11(16)9-7-15-5-4-8(13)6-10(15)14-9/h4-7H,1-3H3. The molecule has 0 saturated heterocycles. The number of aromatic nitrogens is 2. The molecule has 0 bridgehead atoms. The van der Waals surface area contributed by atoms with Gasteiger partial charge in [0, 0.05) is 16.9 Å². The monoisotopic (exact) mass is 296 g/mol. The first-order valence-corrected chi connectivity index (χ1v) is 6.02. The fourth-order valence-corrected chi connectivity index (χ4v) is 1.71. The summed E-state index contributed by atoms with van der Waals surface area (Å²) in [6.07, 6.45) is 3.50. The van der Waals surface area contributed by atoms with Gasteiger partial charge in [0.25, 0.3) is 0 Å². The molecule has 90 valence electrons. The first-order chi connectivity index (χ1) is 7.85. The Kier molecular flexibility index (Phi) is 2.95.